The Hall–Kier alpha value is -2.84. The highest BCUT2D eigenvalue weighted by molar-refractivity contribution is 6.36. The molecule has 2 fully saturated rings. The number of pyridine rings is 1. The molecule has 160 valence electrons. The summed E-state index contributed by atoms with van der Waals surface area (Å²) in [6, 6.07) is 6.18. The molecule has 4 aromatic rings. The van der Waals surface area contributed by atoms with Gasteiger partial charge in [0.15, 0.2) is 17.3 Å². The average Bonchev–Trinajstić information content (AvgIpc) is 3.45. The number of nitrogens with one attached hydrogen (secondary N) is 2. The summed E-state index contributed by atoms with van der Waals surface area (Å²) in [4.78, 5) is 9.20. The molecule has 2 saturated heterocycles. The molecule has 0 bridgehead atoms. The minimum Gasteiger partial charge on any atom is -0.369 e. The van der Waals surface area contributed by atoms with E-state index in [1.807, 2.05) is 13.0 Å². The number of fused-ring (bicyclic) bond motifs is 3. The molecule has 2 N–H and O–H groups in total. The van der Waals surface area contributed by atoms with Crippen LogP contribution in [0.4, 0.5) is 21.6 Å². The van der Waals surface area contributed by atoms with Crippen LogP contribution in [0.5, 0.6) is 0 Å². The molecule has 2 aliphatic rings. The summed E-state index contributed by atoms with van der Waals surface area (Å²) >= 11 is 6.71. The average molecular weight is 440 g/mol. The molecule has 0 radical (unpaired) electrons. The van der Waals surface area contributed by atoms with Gasteiger partial charge in [0.05, 0.1) is 27.3 Å². The first-order valence-electron chi connectivity index (χ1n) is 10.6. The van der Waals surface area contributed by atoms with Crippen LogP contribution in [-0.2, 0) is 0 Å². The third kappa shape index (κ3) is 3.21. The third-order valence-electron chi connectivity index (χ3n) is 6.44. The summed E-state index contributed by atoms with van der Waals surface area (Å²) < 4.78 is 16.1. The molecular formula is C22H23ClFN7. The molecule has 0 saturated carbocycles. The molecule has 1 unspecified atom stereocenters. The molecule has 0 amide bonds. The SMILES string of the molecule is Cc1cn2cc(Nc3n[nH]c4cc(N5CCN6CCCC6C5)cc(Cl)c34)cc(F)c2n1. The normalized spacial score (nSPS) is 19.5. The zero-order valence-electron chi connectivity index (χ0n) is 17.2. The Morgan fingerprint density at radius 2 is 2.10 bits per heavy atom. The van der Waals surface area contributed by atoms with E-state index in [2.05, 4.69) is 36.4 Å². The molecule has 9 heteroatoms. The van der Waals surface area contributed by atoms with Gasteiger partial charge in [-0.3, -0.25) is 10.00 Å². The van der Waals surface area contributed by atoms with E-state index in [0.29, 0.717) is 28.2 Å². The summed E-state index contributed by atoms with van der Waals surface area (Å²) in [6.45, 7) is 6.19. The summed E-state index contributed by atoms with van der Waals surface area (Å²) in [5, 5.41) is 12.1. The van der Waals surface area contributed by atoms with Crippen molar-refractivity contribution in [2.45, 2.75) is 25.8 Å². The standard InChI is InChI=1S/C22H23ClFN7/c1-13-10-31-11-14(7-18(24)22(31)25-13)26-21-20-17(23)8-16(9-19(20)27-28-21)30-6-5-29-4-2-3-15(29)12-30/h7-11,15H,2-6,12H2,1H3,(H2,26,27,28). The molecule has 31 heavy (non-hydrogen) atoms. The fourth-order valence-electron chi connectivity index (χ4n) is 4.98. The first-order chi connectivity index (χ1) is 15.0. The molecule has 7 nitrogen and oxygen atoms in total. The fraction of sp³-hybridized carbons (Fsp3) is 0.364. The third-order valence-corrected chi connectivity index (χ3v) is 6.74. The number of imidazole rings is 1. The van der Waals surface area contributed by atoms with E-state index in [1.54, 1.807) is 16.8 Å². The maximum Gasteiger partial charge on any atom is 0.173 e. The van der Waals surface area contributed by atoms with E-state index in [1.165, 1.54) is 25.5 Å². The van der Waals surface area contributed by atoms with E-state index in [0.717, 1.165) is 41.9 Å². The largest absolute Gasteiger partial charge is 0.369 e. The van der Waals surface area contributed by atoms with Crippen LogP contribution in [0, 0.1) is 12.7 Å². The lowest BCUT2D eigenvalue weighted by atomic mass is 10.1. The van der Waals surface area contributed by atoms with Gasteiger partial charge in [0.1, 0.15) is 0 Å². The number of piperazine rings is 1. The maximum absolute atomic E-state index is 14.4. The fourth-order valence-corrected chi connectivity index (χ4v) is 5.28. The smallest absolute Gasteiger partial charge is 0.173 e. The number of aryl methyl sites for hydroxylation is 1. The Morgan fingerprint density at radius 3 is 3.00 bits per heavy atom. The number of rotatable bonds is 3. The van der Waals surface area contributed by atoms with E-state index in [-0.39, 0.29) is 0 Å². The van der Waals surface area contributed by atoms with Crippen LogP contribution >= 0.6 is 11.6 Å². The topological polar surface area (TPSA) is 64.5 Å². The number of nitrogens with zero attached hydrogens (tertiary/aromatic N) is 5. The van der Waals surface area contributed by atoms with Crippen molar-refractivity contribution in [1.82, 2.24) is 24.5 Å². The monoisotopic (exact) mass is 439 g/mol. The number of hydrogen-bond donors (Lipinski definition) is 2. The van der Waals surface area contributed by atoms with Crippen LogP contribution in [-0.4, -0.2) is 56.7 Å². The van der Waals surface area contributed by atoms with Crippen molar-refractivity contribution in [3.05, 3.63) is 47.1 Å². The maximum atomic E-state index is 14.4. The van der Waals surface area contributed by atoms with Gasteiger partial charge < -0.3 is 14.6 Å². The lowest BCUT2D eigenvalue weighted by molar-refractivity contribution is 0.231. The minimum atomic E-state index is -0.391. The number of hydrogen-bond acceptors (Lipinski definition) is 5. The summed E-state index contributed by atoms with van der Waals surface area (Å²) in [6.07, 6.45) is 6.14. The molecule has 1 atom stereocenters. The van der Waals surface area contributed by atoms with Crippen molar-refractivity contribution < 1.29 is 4.39 Å². The first-order valence-corrected chi connectivity index (χ1v) is 11.0. The second kappa shape index (κ2) is 7.10. The van der Waals surface area contributed by atoms with E-state index in [9.17, 15) is 4.39 Å². The molecule has 0 spiro atoms. The summed E-state index contributed by atoms with van der Waals surface area (Å²) in [7, 11) is 0. The molecule has 2 aliphatic heterocycles. The minimum absolute atomic E-state index is 0.306. The molecule has 3 aromatic heterocycles. The first kappa shape index (κ1) is 18.9. The summed E-state index contributed by atoms with van der Waals surface area (Å²) in [5.41, 5.74) is 3.61. The predicted molar refractivity (Wildman–Crippen MR) is 121 cm³/mol. The number of aromatic amines is 1. The molecule has 6 rings (SSSR count). The lowest BCUT2D eigenvalue weighted by Gasteiger charge is -2.38. The number of H-pyrrole nitrogens is 1. The van der Waals surface area contributed by atoms with Crippen LogP contribution < -0.4 is 10.2 Å². The highest BCUT2D eigenvalue weighted by atomic mass is 35.5. The van der Waals surface area contributed by atoms with Gasteiger partial charge in [0.2, 0.25) is 0 Å². The Kier molecular flexibility index (Phi) is 4.33. The zero-order chi connectivity index (χ0) is 21.1. The van der Waals surface area contributed by atoms with E-state index >= 15 is 0 Å². The second-order valence-corrected chi connectivity index (χ2v) is 8.92. The second-order valence-electron chi connectivity index (χ2n) is 8.52. The lowest BCUT2D eigenvalue weighted by Crippen LogP contribution is -2.50. The molecule has 0 aliphatic carbocycles. The van der Waals surface area contributed by atoms with Crippen molar-refractivity contribution in [3.63, 3.8) is 0 Å². The Bertz CT molecular complexity index is 1300. The van der Waals surface area contributed by atoms with Crippen LogP contribution in [0.15, 0.2) is 30.6 Å². The number of aromatic nitrogens is 4. The molecule has 1 aromatic carbocycles. The van der Waals surface area contributed by atoms with Crippen molar-refractivity contribution in [1.29, 1.82) is 0 Å². The Morgan fingerprint density at radius 1 is 1.19 bits per heavy atom. The predicted octanol–water partition coefficient (Wildman–Crippen LogP) is 4.34. The van der Waals surface area contributed by atoms with Crippen molar-refractivity contribution >= 4 is 45.3 Å². The van der Waals surface area contributed by atoms with Crippen LogP contribution in [0.3, 0.4) is 0 Å². The molecule has 5 heterocycles. The van der Waals surface area contributed by atoms with Gasteiger partial charge in [-0.05, 0) is 38.4 Å². The van der Waals surface area contributed by atoms with Crippen molar-refractivity contribution in [3.8, 4) is 0 Å². The van der Waals surface area contributed by atoms with E-state index in [4.69, 9.17) is 11.6 Å². The number of anilines is 3. The van der Waals surface area contributed by atoms with Gasteiger partial charge in [-0.25, -0.2) is 9.37 Å². The highest BCUT2D eigenvalue weighted by Crippen LogP contribution is 2.36. The van der Waals surface area contributed by atoms with Crippen molar-refractivity contribution in [2.75, 3.05) is 36.4 Å². The Balaban J connectivity index is 1.31. The number of halogens is 2. The van der Waals surface area contributed by atoms with Crippen LogP contribution in [0.1, 0.15) is 18.5 Å². The zero-order valence-corrected chi connectivity index (χ0v) is 18.0. The van der Waals surface area contributed by atoms with Gasteiger partial charge in [0.25, 0.3) is 0 Å². The van der Waals surface area contributed by atoms with Gasteiger partial charge in [-0.2, -0.15) is 5.10 Å². The van der Waals surface area contributed by atoms with Gasteiger partial charge in [-0.1, -0.05) is 11.6 Å². The molecular weight excluding hydrogens is 417 g/mol. The quantitative estimate of drug-likeness (QED) is 0.497. The van der Waals surface area contributed by atoms with Crippen LogP contribution in [0.2, 0.25) is 5.02 Å². The summed E-state index contributed by atoms with van der Waals surface area (Å²) in [5.74, 6) is 0.181. The van der Waals surface area contributed by atoms with Crippen LogP contribution in [0.25, 0.3) is 16.6 Å². The van der Waals surface area contributed by atoms with Gasteiger partial charge in [-0.15, -0.1) is 0 Å². The van der Waals surface area contributed by atoms with Crippen molar-refractivity contribution in [2.24, 2.45) is 0 Å². The van der Waals surface area contributed by atoms with Gasteiger partial charge >= 0.3 is 0 Å². The van der Waals surface area contributed by atoms with E-state index < -0.39 is 5.82 Å². The highest BCUT2D eigenvalue weighted by Gasteiger charge is 2.31. The Labute approximate surface area is 183 Å². The van der Waals surface area contributed by atoms with Gasteiger partial charge in [0, 0.05) is 49.8 Å². The number of benzene rings is 1.